The molecule has 0 saturated carbocycles. The lowest BCUT2D eigenvalue weighted by molar-refractivity contribution is 0.0999. The molecule has 0 bridgehead atoms. The van der Waals surface area contributed by atoms with Crippen molar-refractivity contribution >= 4 is 0 Å². The van der Waals surface area contributed by atoms with E-state index in [0.717, 1.165) is 5.56 Å². The summed E-state index contributed by atoms with van der Waals surface area (Å²) < 4.78 is 21.7. The molecule has 0 aliphatic rings. The quantitative estimate of drug-likeness (QED) is 0.611. The molecular formula is C15H23O4. The van der Waals surface area contributed by atoms with Crippen molar-refractivity contribution in [3.63, 3.8) is 0 Å². The van der Waals surface area contributed by atoms with Gasteiger partial charge in [-0.1, -0.05) is 6.07 Å². The van der Waals surface area contributed by atoms with Gasteiger partial charge in [-0.3, -0.25) is 0 Å². The van der Waals surface area contributed by atoms with Crippen LogP contribution in [0.15, 0.2) is 18.2 Å². The normalized spacial score (nSPS) is 10.5. The van der Waals surface area contributed by atoms with Gasteiger partial charge in [0.15, 0.2) is 11.5 Å². The zero-order valence-electron chi connectivity index (χ0n) is 11.8. The summed E-state index contributed by atoms with van der Waals surface area (Å²) >= 11 is 0. The second-order valence-electron chi connectivity index (χ2n) is 3.87. The fourth-order valence-corrected chi connectivity index (χ4v) is 1.49. The maximum atomic E-state index is 5.65. The molecule has 0 fully saturated rings. The molecule has 0 spiro atoms. The zero-order valence-corrected chi connectivity index (χ0v) is 11.8. The van der Waals surface area contributed by atoms with Gasteiger partial charge in [0.25, 0.3) is 0 Å². The Labute approximate surface area is 115 Å². The lowest BCUT2D eigenvalue weighted by Gasteiger charge is -2.13. The van der Waals surface area contributed by atoms with Crippen LogP contribution in [0.1, 0.15) is 19.4 Å². The van der Waals surface area contributed by atoms with Crippen molar-refractivity contribution in [2.45, 2.75) is 13.8 Å². The van der Waals surface area contributed by atoms with Gasteiger partial charge >= 0.3 is 0 Å². The first-order valence-electron chi connectivity index (χ1n) is 6.65. The monoisotopic (exact) mass is 267 g/mol. The Morgan fingerprint density at radius 2 is 1.42 bits per heavy atom. The fraction of sp³-hybridized carbons (Fsp3) is 0.533. The van der Waals surface area contributed by atoms with E-state index >= 15 is 0 Å². The van der Waals surface area contributed by atoms with Gasteiger partial charge in [-0.05, 0) is 38.5 Å². The number of benzene rings is 1. The molecule has 4 heteroatoms. The van der Waals surface area contributed by atoms with E-state index < -0.39 is 0 Å². The molecule has 1 radical (unpaired) electrons. The maximum Gasteiger partial charge on any atom is 0.161 e. The van der Waals surface area contributed by atoms with E-state index in [0.29, 0.717) is 51.1 Å². The van der Waals surface area contributed by atoms with Gasteiger partial charge in [-0.15, -0.1) is 0 Å². The number of hydrogen-bond donors (Lipinski definition) is 0. The molecular weight excluding hydrogens is 244 g/mol. The predicted octanol–water partition coefficient (Wildman–Crippen LogP) is 2.70. The van der Waals surface area contributed by atoms with Crippen molar-refractivity contribution < 1.29 is 18.9 Å². The average Bonchev–Trinajstić information content (AvgIpc) is 2.41. The summed E-state index contributed by atoms with van der Waals surface area (Å²) in [4.78, 5) is 0. The first-order chi connectivity index (χ1) is 9.27. The van der Waals surface area contributed by atoms with Gasteiger partial charge in [-0.2, -0.15) is 0 Å². The minimum Gasteiger partial charge on any atom is -0.487 e. The highest BCUT2D eigenvalue weighted by atomic mass is 16.6. The number of rotatable bonds is 10. The molecule has 1 aromatic carbocycles. The van der Waals surface area contributed by atoms with E-state index in [1.165, 1.54) is 0 Å². The third-order valence-corrected chi connectivity index (χ3v) is 2.39. The van der Waals surface area contributed by atoms with Crippen molar-refractivity contribution in [1.29, 1.82) is 0 Å². The predicted molar refractivity (Wildman–Crippen MR) is 74.9 cm³/mol. The molecule has 0 atom stereocenters. The fourth-order valence-electron chi connectivity index (χ4n) is 1.49. The van der Waals surface area contributed by atoms with Gasteiger partial charge in [0.05, 0.1) is 13.2 Å². The Hall–Kier alpha value is -1.26. The van der Waals surface area contributed by atoms with E-state index in [9.17, 15) is 0 Å². The highest BCUT2D eigenvalue weighted by Gasteiger charge is 2.05. The van der Waals surface area contributed by atoms with Crippen LogP contribution in [0.3, 0.4) is 0 Å². The van der Waals surface area contributed by atoms with Crippen LogP contribution < -0.4 is 9.47 Å². The van der Waals surface area contributed by atoms with Crippen LogP contribution >= 0.6 is 0 Å². The third-order valence-electron chi connectivity index (χ3n) is 2.39. The Kier molecular flexibility index (Phi) is 8.02. The third kappa shape index (κ3) is 6.45. The molecule has 1 rings (SSSR count). The van der Waals surface area contributed by atoms with E-state index in [1.807, 2.05) is 32.0 Å². The Bertz CT molecular complexity index is 352. The standard InChI is InChI=1S/C15H23O4/c1-4-16-8-10-18-14-7-6-13(3)12-15(14)19-11-9-17-5-2/h6-7,12H,3-5,8-11H2,1-2H3. The van der Waals surface area contributed by atoms with E-state index in [2.05, 4.69) is 6.92 Å². The SMILES string of the molecule is [CH2]c1ccc(OCCOCC)c(OCCOCC)c1. The minimum atomic E-state index is 0.499. The topological polar surface area (TPSA) is 36.9 Å². The largest absolute Gasteiger partial charge is 0.487 e. The summed E-state index contributed by atoms with van der Waals surface area (Å²) in [5.41, 5.74) is 0.892. The Morgan fingerprint density at radius 1 is 0.842 bits per heavy atom. The van der Waals surface area contributed by atoms with Crippen LogP contribution in [0.2, 0.25) is 0 Å². The van der Waals surface area contributed by atoms with Gasteiger partial charge in [-0.25, -0.2) is 0 Å². The van der Waals surface area contributed by atoms with Crippen LogP contribution in [0, 0.1) is 6.92 Å². The van der Waals surface area contributed by atoms with Crippen molar-refractivity contribution in [2.24, 2.45) is 0 Å². The van der Waals surface area contributed by atoms with Crippen LogP contribution in [-0.2, 0) is 9.47 Å². The van der Waals surface area contributed by atoms with Crippen LogP contribution in [0.4, 0.5) is 0 Å². The molecule has 0 saturated heterocycles. The summed E-state index contributed by atoms with van der Waals surface area (Å²) in [5.74, 6) is 1.41. The van der Waals surface area contributed by atoms with E-state index in [4.69, 9.17) is 18.9 Å². The van der Waals surface area contributed by atoms with Crippen molar-refractivity contribution in [3.05, 3.63) is 30.7 Å². The molecule has 1 aromatic rings. The molecule has 0 aliphatic carbocycles. The lowest BCUT2D eigenvalue weighted by Crippen LogP contribution is -2.10. The molecule has 0 heterocycles. The summed E-state index contributed by atoms with van der Waals surface area (Å²) in [6.07, 6.45) is 0. The van der Waals surface area contributed by atoms with Gasteiger partial charge < -0.3 is 18.9 Å². The first kappa shape index (κ1) is 15.8. The molecule has 0 amide bonds. The minimum absolute atomic E-state index is 0.499. The smallest absolute Gasteiger partial charge is 0.161 e. The summed E-state index contributed by atoms with van der Waals surface area (Å²) in [7, 11) is 0. The Morgan fingerprint density at radius 3 is 2.00 bits per heavy atom. The van der Waals surface area contributed by atoms with Crippen LogP contribution in [0.5, 0.6) is 11.5 Å². The number of hydrogen-bond acceptors (Lipinski definition) is 4. The summed E-state index contributed by atoms with van der Waals surface area (Å²) in [6, 6.07) is 5.62. The molecule has 0 unspecified atom stereocenters. The summed E-state index contributed by atoms with van der Waals surface area (Å²) in [6.45, 7) is 11.3. The van der Waals surface area contributed by atoms with Crippen LogP contribution in [0.25, 0.3) is 0 Å². The highest BCUT2D eigenvalue weighted by Crippen LogP contribution is 2.28. The van der Waals surface area contributed by atoms with Crippen molar-refractivity contribution in [2.75, 3.05) is 39.6 Å². The molecule has 0 N–H and O–H groups in total. The van der Waals surface area contributed by atoms with Crippen molar-refractivity contribution in [3.8, 4) is 11.5 Å². The van der Waals surface area contributed by atoms with E-state index in [1.54, 1.807) is 0 Å². The Balaban J connectivity index is 2.48. The summed E-state index contributed by atoms with van der Waals surface area (Å²) in [5, 5.41) is 0. The van der Waals surface area contributed by atoms with Crippen LogP contribution in [-0.4, -0.2) is 39.6 Å². The second kappa shape index (κ2) is 9.64. The first-order valence-corrected chi connectivity index (χ1v) is 6.65. The molecule has 19 heavy (non-hydrogen) atoms. The molecule has 4 nitrogen and oxygen atoms in total. The van der Waals surface area contributed by atoms with E-state index in [-0.39, 0.29) is 0 Å². The van der Waals surface area contributed by atoms with Gasteiger partial charge in [0, 0.05) is 13.2 Å². The number of ether oxygens (including phenoxy) is 4. The van der Waals surface area contributed by atoms with Gasteiger partial charge in [0.2, 0.25) is 0 Å². The zero-order chi connectivity index (χ0) is 13.9. The maximum absolute atomic E-state index is 5.65. The highest BCUT2D eigenvalue weighted by molar-refractivity contribution is 5.43. The van der Waals surface area contributed by atoms with Crippen molar-refractivity contribution in [1.82, 2.24) is 0 Å². The second-order valence-corrected chi connectivity index (χ2v) is 3.87. The lowest BCUT2D eigenvalue weighted by atomic mass is 10.2. The molecule has 0 aromatic heterocycles. The molecule has 107 valence electrons. The average molecular weight is 267 g/mol. The molecule has 0 aliphatic heterocycles. The van der Waals surface area contributed by atoms with Gasteiger partial charge in [0.1, 0.15) is 13.2 Å².